The predicted octanol–water partition coefficient (Wildman–Crippen LogP) is 1.79. The van der Waals surface area contributed by atoms with E-state index in [1.807, 2.05) is 29.2 Å². The normalized spacial score (nSPS) is 21.2. The molecule has 3 rings (SSSR count). The average molecular weight is 352 g/mol. The second kappa shape index (κ2) is 9.06. The van der Waals surface area contributed by atoms with Gasteiger partial charge in [-0.05, 0) is 30.7 Å². The van der Waals surface area contributed by atoms with Crippen LogP contribution in [-0.2, 0) is 0 Å². The number of nitrogens with one attached hydrogen (secondary N) is 1. The summed E-state index contributed by atoms with van der Waals surface area (Å²) in [6.07, 6.45) is 2.78. The first kappa shape index (κ1) is 18.8. The van der Waals surface area contributed by atoms with Crippen LogP contribution in [0.1, 0.15) is 16.8 Å². The zero-order valence-electron chi connectivity index (χ0n) is 13.9. The van der Waals surface area contributed by atoms with Crippen molar-refractivity contribution in [2.24, 2.45) is 0 Å². The maximum Gasteiger partial charge on any atom is 0.253 e. The summed E-state index contributed by atoms with van der Waals surface area (Å²) in [6, 6.07) is 7.90. The third-order valence-electron chi connectivity index (χ3n) is 4.59. The van der Waals surface area contributed by atoms with Crippen LogP contribution in [0.2, 0.25) is 0 Å². The number of amides is 1. The lowest BCUT2D eigenvalue weighted by molar-refractivity contribution is 0.0773. The highest BCUT2D eigenvalue weighted by molar-refractivity contribution is 5.94. The van der Waals surface area contributed by atoms with Crippen LogP contribution in [0.5, 0.6) is 5.75 Å². The quantitative estimate of drug-likeness (QED) is 0.821. The molecule has 1 amide bonds. The maximum absolute atomic E-state index is 12.6. The van der Waals surface area contributed by atoms with E-state index in [-0.39, 0.29) is 18.3 Å². The summed E-state index contributed by atoms with van der Waals surface area (Å²) in [7, 11) is 0. The molecule has 6 heteroatoms. The second-order valence-electron chi connectivity index (χ2n) is 6.10. The molecule has 2 fully saturated rings. The van der Waals surface area contributed by atoms with Gasteiger partial charge in [-0.2, -0.15) is 0 Å². The van der Waals surface area contributed by atoms with Crippen molar-refractivity contribution >= 4 is 18.3 Å². The standard InChI is InChI=1S/C18H25N3O2.ClH/c1-2-13-23-17-5-3-15(4-6-17)18(22)21-10-7-16(14-21)20-11-8-19-9-12-20;/h2-6,16,19H,1,7-14H2;1H. The predicted molar refractivity (Wildman–Crippen MR) is 98.1 cm³/mol. The lowest BCUT2D eigenvalue weighted by atomic mass is 10.2. The number of hydrogen-bond acceptors (Lipinski definition) is 4. The molecule has 2 saturated heterocycles. The van der Waals surface area contributed by atoms with Crippen LogP contribution in [0, 0.1) is 0 Å². The zero-order valence-corrected chi connectivity index (χ0v) is 14.8. The van der Waals surface area contributed by atoms with Gasteiger partial charge in [-0.25, -0.2) is 0 Å². The zero-order chi connectivity index (χ0) is 16.1. The van der Waals surface area contributed by atoms with Gasteiger partial charge < -0.3 is 15.0 Å². The van der Waals surface area contributed by atoms with E-state index in [2.05, 4.69) is 16.8 Å². The summed E-state index contributed by atoms with van der Waals surface area (Å²) in [6.45, 7) is 10.1. The Hall–Kier alpha value is -1.56. The molecular weight excluding hydrogens is 326 g/mol. The third-order valence-corrected chi connectivity index (χ3v) is 4.59. The van der Waals surface area contributed by atoms with E-state index in [1.54, 1.807) is 6.08 Å². The number of carbonyl (C=O) groups is 1. The van der Waals surface area contributed by atoms with Gasteiger partial charge in [0.1, 0.15) is 12.4 Å². The molecule has 0 saturated carbocycles. The van der Waals surface area contributed by atoms with Gasteiger partial charge in [0.25, 0.3) is 5.91 Å². The molecule has 24 heavy (non-hydrogen) atoms. The Bertz CT molecular complexity index is 544. The minimum Gasteiger partial charge on any atom is -0.490 e. The van der Waals surface area contributed by atoms with Gasteiger partial charge in [-0.15, -0.1) is 12.4 Å². The number of ether oxygens (including phenoxy) is 1. The summed E-state index contributed by atoms with van der Waals surface area (Å²) in [5.74, 6) is 0.888. The molecule has 2 aliphatic heterocycles. The fourth-order valence-corrected chi connectivity index (χ4v) is 3.30. The highest BCUT2D eigenvalue weighted by Crippen LogP contribution is 2.20. The van der Waals surface area contributed by atoms with Crippen molar-refractivity contribution in [1.29, 1.82) is 0 Å². The van der Waals surface area contributed by atoms with Gasteiger partial charge in [0.15, 0.2) is 0 Å². The van der Waals surface area contributed by atoms with Crippen molar-refractivity contribution in [3.8, 4) is 5.75 Å². The first-order valence-corrected chi connectivity index (χ1v) is 8.36. The summed E-state index contributed by atoms with van der Waals surface area (Å²) >= 11 is 0. The van der Waals surface area contributed by atoms with Gasteiger partial charge >= 0.3 is 0 Å². The number of nitrogens with zero attached hydrogens (tertiary/aromatic N) is 2. The van der Waals surface area contributed by atoms with E-state index < -0.39 is 0 Å². The van der Waals surface area contributed by atoms with Crippen LogP contribution >= 0.6 is 12.4 Å². The molecule has 2 aliphatic rings. The van der Waals surface area contributed by atoms with E-state index in [1.165, 1.54) is 0 Å². The Kier molecular flexibility index (Phi) is 7.09. The summed E-state index contributed by atoms with van der Waals surface area (Å²) in [4.78, 5) is 17.1. The van der Waals surface area contributed by atoms with Gasteiger partial charge in [-0.1, -0.05) is 12.7 Å². The van der Waals surface area contributed by atoms with Gasteiger partial charge in [0, 0.05) is 50.9 Å². The van der Waals surface area contributed by atoms with Crippen LogP contribution in [0.3, 0.4) is 0 Å². The monoisotopic (exact) mass is 351 g/mol. The number of piperazine rings is 1. The van der Waals surface area contributed by atoms with Crippen molar-refractivity contribution in [1.82, 2.24) is 15.1 Å². The molecule has 5 nitrogen and oxygen atoms in total. The number of likely N-dealkylation sites (tertiary alicyclic amines) is 1. The molecule has 1 atom stereocenters. The molecule has 0 spiro atoms. The van der Waals surface area contributed by atoms with Crippen molar-refractivity contribution < 1.29 is 9.53 Å². The van der Waals surface area contributed by atoms with E-state index in [9.17, 15) is 4.79 Å². The summed E-state index contributed by atoms with van der Waals surface area (Å²) in [5.41, 5.74) is 0.733. The van der Waals surface area contributed by atoms with Gasteiger partial charge in [-0.3, -0.25) is 9.69 Å². The molecule has 0 bridgehead atoms. The van der Waals surface area contributed by atoms with Crippen LogP contribution in [0.25, 0.3) is 0 Å². The summed E-state index contributed by atoms with van der Waals surface area (Å²) in [5, 5.41) is 3.38. The number of benzene rings is 1. The molecule has 0 aromatic heterocycles. The minimum absolute atomic E-state index is 0. The van der Waals surface area contributed by atoms with Crippen molar-refractivity contribution in [3.05, 3.63) is 42.5 Å². The topological polar surface area (TPSA) is 44.8 Å². The lowest BCUT2D eigenvalue weighted by Crippen LogP contribution is -2.49. The number of hydrogen-bond donors (Lipinski definition) is 1. The molecular formula is C18H26ClN3O2. The van der Waals surface area contributed by atoms with Crippen LogP contribution in [-0.4, -0.2) is 67.6 Å². The van der Waals surface area contributed by atoms with E-state index >= 15 is 0 Å². The van der Waals surface area contributed by atoms with Crippen LogP contribution < -0.4 is 10.1 Å². The maximum atomic E-state index is 12.6. The highest BCUT2D eigenvalue weighted by atomic mass is 35.5. The Balaban J connectivity index is 0.00000208. The lowest BCUT2D eigenvalue weighted by Gasteiger charge is -2.32. The van der Waals surface area contributed by atoms with Gasteiger partial charge in [0.2, 0.25) is 0 Å². The molecule has 1 N–H and O–H groups in total. The van der Waals surface area contributed by atoms with Crippen molar-refractivity contribution in [2.75, 3.05) is 45.9 Å². The Morgan fingerprint density at radius 2 is 1.96 bits per heavy atom. The van der Waals surface area contributed by atoms with E-state index in [0.29, 0.717) is 12.6 Å². The number of halogens is 1. The molecule has 2 heterocycles. The first-order chi connectivity index (χ1) is 11.3. The van der Waals surface area contributed by atoms with Crippen LogP contribution in [0.4, 0.5) is 0 Å². The van der Waals surface area contributed by atoms with Gasteiger partial charge in [0.05, 0.1) is 0 Å². The average Bonchev–Trinajstić information content (AvgIpc) is 3.11. The van der Waals surface area contributed by atoms with Crippen molar-refractivity contribution in [2.45, 2.75) is 12.5 Å². The number of rotatable bonds is 5. The van der Waals surface area contributed by atoms with Crippen LogP contribution in [0.15, 0.2) is 36.9 Å². The van der Waals surface area contributed by atoms with E-state index in [0.717, 1.165) is 57.0 Å². The Morgan fingerprint density at radius 3 is 2.62 bits per heavy atom. The first-order valence-electron chi connectivity index (χ1n) is 8.36. The summed E-state index contributed by atoms with van der Waals surface area (Å²) < 4.78 is 5.46. The smallest absolute Gasteiger partial charge is 0.253 e. The molecule has 1 aromatic carbocycles. The largest absolute Gasteiger partial charge is 0.490 e. The minimum atomic E-state index is 0. The molecule has 1 unspecified atom stereocenters. The fraction of sp³-hybridized carbons (Fsp3) is 0.500. The Labute approximate surface area is 150 Å². The van der Waals surface area contributed by atoms with E-state index in [4.69, 9.17) is 4.74 Å². The third kappa shape index (κ3) is 4.50. The number of carbonyl (C=O) groups excluding carboxylic acids is 1. The highest BCUT2D eigenvalue weighted by Gasteiger charge is 2.31. The SMILES string of the molecule is C=CCOc1ccc(C(=O)N2CCC(N3CCNCC3)C2)cc1.Cl. The second-order valence-corrected chi connectivity index (χ2v) is 6.10. The molecule has 0 aliphatic carbocycles. The molecule has 132 valence electrons. The fourth-order valence-electron chi connectivity index (χ4n) is 3.30. The molecule has 1 aromatic rings. The van der Waals surface area contributed by atoms with Crippen molar-refractivity contribution in [3.63, 3.8) is 0 Å². The Morgan fingerprint density at radius 1 is 1.25 bits per heavy atom. The molecule has 0 radical (unpaired) electrons.